The number of amides is 1. The molecule has 1 aromatic heterocycles. The van der Waals surface area contributed by atoms with Crippen molar-refractivity contribution in [3.05, 3.63) is 11.8 Å². The Labute approximate surface area is 88.2 Å². The Hall–Kier alpha value is -1.73. The molecular weight excluding hydrogens is 225 g/mol. The number of carbonyl (C=O) groups is 1. The van der Waals surface area contributed by atoms with E-state index in [0.29, 0.717) is 0 Å². The molecule has 0 spiro atoms. The lowest BCUT2D eigenvalue weighted by molar-refractivity contribution is -0.163. The number of hydrogen-bond donors (Lipinski definition) is 3. The summed E-state index contributed by atoms with van der Waals surface area (Å²) >= 11 is 0. The van der Waals surface area contributed by atoms with Gasteiger partial charge in [-0.2, -0.15) is 18.3 Å². The number of aromatic nitrogens is 2. The summed E-state index contributed by atoms with van der Waals surface area (Å²) < 4.78 is 37.6. The third-order valence-corrected chi connectivity index (χ3v) is 2.56. The fourth-order valence-corrected chi connectivity index (χ4v) is 1.37. The Morgan fingerprint density at radius 3 is 2.56 bits per heavy atom. The van der Waals surface area contributed by atoms with Crippen LogP contribution in [0.5, 0.6) is 0 Å². The van der Waals surface area contributed by atoms with E-state index in [1.165, 1.54) is 0 Å². The summed E-state index contributed by atoms with van der Waals surface area (Å²) in [6.45, 7) is 0. The molecule has 1 aromatic rings. The van der Waals surface area contributed by atoms with Crippen molar-refractivity contribution in [3.63, 3.8) is 0 Å². The third-order valence-electron chi connectivity index (χ3n) is 2.56. The molecule has 2 rings (SSSR count). The van der Waals surface area contributed by atoms with Gasteiger partial charge in [0.15, 0.2) is 0 Å². The Bertz CT molecular complexity index is 421. The number of nitrogen functional groups attached to an aromatic ring is 1. The summed E-state index contributed by atoms with van der Waals surface area (Å²) in [7, 11) is 0. The van der Waals surface area contributed by atoms with Gasteiger partial charge in [-0.3, -0.25) is 9.89 Å². The van der Waals surface area contributed by atoms with Gasteiger partial charge in [-0.25, -0.2) is 0 Å². The highest BCUT2D eigenvalue weighted by Gasteiger charge is 2.64. The molecule has 0 aromatic carbocycles. The van der Waals surface area contributed by atoms with Gasteiger partial charge in [0.2, 0.25) is 0 Å². The lowest BCUT2D eigenvalue weighted by atomic mass is 10.2. The first kappa shape index (κ1) is 10.8. The van der Waals surface area contributed by atoms with Crippen LogP contribution in [-0.2, 0) is 0 Å². The molecule has 1 fully saturated rings. The van der Waals surface area contributed by atoms with Gasteiger partial charge in [-0.1, -0.05) is 0 Å². The van der Waals surface area contributed by atoms with E-state index in [9.17, 15) is 18.0 Å². The van der Waals surface area contributed by atoms with E-state index in [4.69, 9.17) is 5.73 Å². The standard InChI is InChI=1S/C8H9F3N4O/c9-8(10,11)7(1-2-7)14-6(16)4-3-13-15-5(4)12/h3H,1-2H2,(H,14,16)(H3,12,13,15). The number of hydrogen-bond acceptors (Lipinski definition) is 3. The summed E-state index contributed by atoms with van der Waals surface area (Å²) in [4.78, 5) is 11.5. The van der Waals surface area contributed by atoms with E-state index in [1.807, 2.05) is 5.32 Å². The maximum absolute atomic E-state index is 12.5. The van der Waals surface area contributed by atoms with Gasteiger partial charge >= 0.3 is 6.18 Å². The number of rotatable bonds is 2. The topological polar surface area (TPSA) is 83.8 Å². The molecule has 0 saturated heterocycles. The summed E-state index contributed by atoms with van der Waals surface area (Å²) in [6.07, 6.45) is -3.53. The van der Waals surface area contributed by atoms with Crippen molar-refractivity contribution in [2.24, 2.45) is 0 Å². The molecule has 1 saturated carbocycles. The first-order chi connectivity index (χ1) is 7.36. The molecule has 4 N–H and O–H groups in total. The molecule has 1 aliphatic carbocycles. The minimum atomic E-state index is -4.43. The van der Waals surface area contributed by atoms with Crippen molar-refractivity contribution in [1.29, 1.82) is 0 Å². The first-order valence-corrected chi connectivity index (χ1v) is 4.54. The molecule has 0 atom stereocenters. The van der Waals surface area contributed by atoms with Gasteiger partial charge in [-0.05, 0) is 12.8 Å². The predicted molar refractivity (Wildman–Crippen MR) is 48.5 cm³/mol. The number of carbonyl (C=O) groups excluding carboxylic acids is 1. The molecule has 0 unspecified atom stereocenters. The van der Waals surface area contributed by atoms with Crippen LogP contribution in [0.2, 0.25) is 0 Å². The zero-order chi connectivity index (χ0) is 12.0. The average molecular weight is 234 g/mol. The van der Waals surface area contributed by atoms with Crippen molar-refractivity contribution in [1.82, 2.24) is 15.5 Å². The van der Waals surface area contributed by atoms with Gasteiger partial charge in [-0.15, -0.1) is 0 Å². The molecule has 1 aliphatic rings. The summed E-state index contributed by atoms with van der Waals surface area (Å²) in [6, 6.07) is 0. The lowest BCUT2D eigenvalue weighted by Crippen LogP contribution is -2.47. The molecule has 1 heterocycles. The van der Waals surface area contributed by atoms with E-state index >= 15 is 0 Å². The second kappa shape index (κ2) is 3.13. The second-order valence-electron chi connectivity index (χ2n) is 3.73. The average Bonchev–Trinajstić information content (AvgIpc) is 2.81. The minimum Gasteiger partial charge on any atom is -0.383 e. The molecule has 5 nitrogen and oxygen atoms in total. The first-order valence-electron chi connectivity index (χ1n) is 4.54. The smallest absolute Gasteiger partial charge is 0.383 e. The second-order valence-corrected chi connectivity index (χ2v) is 3.73. The number of H-pyrrole nitrogens is 1. The number of anilines is 1. The van der Waals surface area contributed by atoms with E-state index < -0.39 is 17.6 Å². The highest BCUT2D eigenvalue weighted by Crippen LogP contribution is 2.49. The third kappa shape index (κ3) is 1.59. The van der Waals surface area contributed by atoms with E-state index in [1.54, 1.807) is 0 Å². The van der Waals surface area contributed by atoms with Crippen molar-refractivity contribution >= 4 is 11.7 Å². The molecule has 0 aliphatic heterocycles. The highest BCUT2D eigenvalue weighted by atomic mass is 19.4. The number of nitrogens with one attached hydrogen (secondary N) is 2. The predicted octanol–water partition coefficient (Wildman–Crippen LogP) is 0.817. The van der Waals surface area contributed by atoms with Crippen LogP contribution in [-0.4, -0.2) is 27.8 Å². The zero-order valence-electron chi connectivity index (χ0n) is 8.06. The number of aromatic amines is 1. The summed E-state index contributed by atoms with van der Waals surface area (Å²) in [5, 5.41) is 7.69. The number of nitrogens with two attached hydrogens (primary N) is 1. The SMILES string of the molecule is Nc1[nH]ncc1C(=O)NC1(C(F)(F)F)CC1. The number of halogens is 3. The quantitative estimate of drug-likeness (QED) is 0.708. The molecule has 16 heavy (non-hydrogen) atoms. The van der Waals surface area contributed by atoms with Crippen LogP contribution in [0.1, 0.15) is 23.2 Å². The molecule has 0 bridgehead atoms. The zero-order valence-corrected chi connectivity index (χ0v) is 8.06. The Morgan fingerprint density at radius 2 is 2.19 bits per heavy atom. The van der Waals surface area contributed by atoms with Crippen LogP contribution in [0.4, 0.5) is 19.0 Å². The van der Waals surface area contributed by atoms with Crippen LogP contribution in [0.15, 0.2) is 6.20 Å². The number of alkyl halides is 3. The fraction of sp³-hybridized carbons (Fsp3) is 0.500. The van der Waals surface area contributed by atoms with E-state index in [-0.39, 0.29) is 24.2 Å². The van der Waals surface area contributed by atoms with Gasteiger partial charge in [0.1, 0.15) is 16.9 Å². The molecule has 88 valence electrons. The molecule has 8 heteroatoms. The van der Waals surface area contributed by atoms with Crippen LogP contribution in [0.25, 0.3) is 0 Å². The largest absolute Gasteiger partial charge is 0.411 e. The monoisotopic (exact) mass is 234 g/mol. The Morgan fingerprint density at radius 1 is 1.56 bits per heavy atom. The Balaban J connectivity index is 2.13. The van der Waals surface area contributed by atoms with Crippen molar-refractivity contribution in [2.75, 3.05) is 5.73 Å². The van der Waals surface area contributed by atoms with Gasteiger partial charge < -0.3 is 11.1 Å². The van der Waals surface area contributed by atoms with Gasteiger partial charge in [0, 0.05) is 0 Å². The molecule has 1 amide bonds. The van der Waals surface area contributed by atoms with Crippen molar-refractivity contribution in [3.8, 4) is 0 Å². The summed E-state index contributed by atoms with van der Waals surface area (Å²) in [5.41, 5.74) is 3.18. The van der Waals surface area contributed by atoms with Gasteiger partial charge in [0.05, 0.1) is 6.20 Å². The highest BCUT2D eigenvalue weighted by molar-refractivity contribution is 5.98. The molecule has 0 radical (unpaired) electrons. The molecular formula is C8H9F3N4O. The lowest BCUT2D eigenvalue weighted by Gasteiger charge is -2.20. The maximum Gasteiger partial charge on any atom is 0.411 e. The van der Waals surface area contributed by atoms with Crippen LogP contribution >= 0.6 is 0 Å². The van der Waals surface area contributed by atoms with E-state index in [0.717, 1.165) is 6.20 Å². The van der Waals surface area contributed by atoms with Crippen molar-refractivity contribution in [2.45, 2.75) is 24.6 Å². The van der Waals surface area contributed by atoms with Crippen LogP contribution in [0.3, 0.4) is 0 Å². The van der Waals surface area contributed by atoms with E-state index in [2.05, 4.69) is 10.2 Å². The fourth-order valence-electron chi connectivity index (χ4n) is 1.37. The normalized spacial score (nSPS) is 18.2. The maximum atomic E-state index is 12.5. The van der Waals surface area contributed by atoms with Crippen LogP contribution < -0.4 is 11.1 Å². The Kier molecular flexibility index (Phi) is 2.11. The van der Waals surface area contributed by atoms with Crippen LogP contribution in [0, 0.1) is 0 Å². The van der Waals surface area contributed by atoms with Gasteiger partial charge in [0.25, 0.3) is 5.91 Å². The van der Waals surface area contributed by atoms with Crippen molar-refractivity contribution < 1.29 is 18.0 Å². The number of nitrogens with zero attached hydrogens (tertiary/aromatic N) is 1. The minimum absolute atomic E-state index is 0.0459. The summed E-state index contributed by atoms with van der Waals surface area (Å²) in [5.74, 6) is -0.906.